The van der Waals surface area contributed by atoms with Crippen LogP contribution in [-0.2, 0) is 9.59 Å². The molecule has 8 heteroatoms. The minimum Gasteiger partial charge on any atom is -0.484 e. The average Bonchev–Trinajstić information content (AvgIpc) is 2.44. The number of non-ortho nitro benzene ring substituents is 1. The van der Waals surface area contributed by atoms with E-state index < -0.39 is 22.8 Å². The minimum atomic E-state index is -1.10. The standard InChI is InChI=1S/C14H18N2O6/c1-9(2)7-12(14(18)19)15-13(17)8-22-11-5-3-10(4-6-11)16(20)21/h3-6,9,12H,7-8H2,1-2H3,(H,15,17)(H,18,19)/t12-/m1/s1. The third kappa shape index (κ3) is 5.78. The van der Waals surface area contributed by atoms with Gasteiger partial charge in [0.15, 0.2) is 6.61 Å². The van der Waals surface area contributed by atoms with Gasteiger partial charge in [0.25, 0.3) is 11.6 Å². The first-order valence-corrected chi connectivity index (χ1v) is 6.69. The van der Waals surface area contributed by atoms with Gasteiger partial charge in [-0.05, 0) is 24.5 Å². The number of aliphatic carboxylic acids is 1. The van der Waals surface area contributed by atoms with Crippen molar-refractivity contribution >= 4 is 17.6 Å². The van der Waals surface area contributed by atoms with Crippen molar-refractivity contribution in [3.63, 3.8) is 0 Å². The van der Waals surface area contributed by atoms with Crippen LogP contribution in [0.3, 0.4) is 0 Å². The molecule has 0 saturated carbocycles. The highest BCUT2D eigenvalue weighted by atomic mass is 16.6. The number of hydrogen-bond donors (Lipinski definition) is 2. The summed E-state index contributed by atoms with van der Waals surface area (Å²) in [6, 6.07) is 4.29. The van der Waals surface area contributed by atoms with Crippen molar-refractivity contribution in [2.45, 2.75) is 26.3 Å². The molecule has 1 amide bonds. The first-order chi connectivity index (χ1) is 10.3. The molecule has 0 aliphatic carbocycles. The molecular formula is C14H18N2O6. The summed E-state index contributed by atoms with van der Waals surface area (Å²) in [5.41, 5.74) is -0.0836. The lowest BCUT2D eigenvalue weighted by Crippen LogP contribution is -2.43. The lowest BCUT2D eigenvalue weighted by molar-refractivity contribution is -0.384. The van der Waals surface area contributed by atoms with Crippen molar-refractivity contribution in [3.05, 3.63) is 34.4 Å². The van der Waals surface area contributed by atoms with Gasteiger partial charge in [0, 0.05) is 12.1 Å². The maximum absolute atomic E-state index is 11.7. The van der Waals surface area contributed by atoms with Crippen LogP contribution in [0.2, 0.25) is 0 Å². The first kappa shape index (κ1) is 17.4. The molecule has 0 aliphatic rings. The van der Waals surface area contributed by atoms with E-state index in [-0.39, 0.29) is 24.0 Å². The van der Waals surface area contributed by atoms with Crippen molar-refractivity contribution in [1.82, 2.24) is 5.32 Å². The van der Waals surface area contributed by atoms with Gasteiger partial charge in [0.05, 0.1) is 4.92 Å². The molecule has 2 N–H and O–H groups in total. The lowest BCUT2D eigenvalue weighted by atomic mass is 10.0. The molecule has 0 radical (unpaired) electrons. The van der Waals surface area contributed by atoms with Crippen molar-refractivity contribution in [2.75, 3.05) is 6.61 Å². The highest BCUT2D eigenvalue weighted by molar-refractivity contribution is 5.84. The number of carboxylic acids is 1. The predicted octanol–water partition coefficient (Wildman–Crippen LogP) is 1.59. The second-order valence-electron chi connectivity index (χ2n) is 5.13. The minimum absolute atomic E-state index is 0.0836. The number of benzene rings is 1. The third-order valence-corrected chi connectivity index (χ3v) is 2.76. The molecule has 0 heterocycles. The Hall–Kier alpha value is -2.64. The van der Waals surface area contributed by atoms with Crippen LogP contribution in [0.5, 0.6) is 5.75 Å². The van der Waals surface area contributed by atoms with E-state index in [1.165, 1.54) is 24.3 Å². The van der Waals surface area contributed by atoms with E-state index in [9.17, 15) is 19.7 Å². The number of nitrogens with one attached hydrogen (secondary N) is 1. The summed E-state index contributed by atoms with van der Waals surface area (Å²) in [4.78, 5) is 32.7. The monoisotopic (exact) mass is 310 g/mol. The lowest BCUT2D eigenvalue weighted by Gasteiger charge is -2.16. The number of rotatable bonds is 8. The summed E-state index contributed by atoms with van der Waals surface area (Å²) >= 11 is 0. The largest absolute Gasteiger partial charge is 0.484 e. The van der Waals surface area contributed by atoms with Crippen LogP contribution >= 0.6 is 0 Å². The molecule has 0 aromatic heterocycles. The van der Waals surface area contributed by atoms with E-state index in [1.54, 1.807) is 0 Å². The highest BCUT2D eigenvalue weighted by Crippen LogP contribution is 2.17. The number of carbonyl (C=O) groups excluding carboxylic acids is 1. The maximum Gasteiger partial charge on any atom is 0.326 e. The van der Waals surface area contributed by atoms with E-state index in [1.807, 2.05) is 13.8 Å². The zero-order chi connectivity index (χ0) is 16.7. The molecule has 120 valence electrons. The number of carbonyl (C=O) groups is 2. The second kappa shape index (κ2) is 7.96. The zero-order valence-electron chi connectivity index (χ0n) is 12.3. The van der Waals surface area contributed by atoms with E-state index in [2.05, 4.69) is 5.32 Å². The molecular weight excluding hydrogens is 292 g/mol. The van der Waals surface area contributed by atoms with E-state index in [4.69, 9.17) is 9.84 Å². The average molecular weight is 310 g/mol. The van der Waals surface area contributed by atoms with Gasteiger partial charge in [-0.25, -0.2) is 4.79 Å². The van der Waals surface area contributed by atoms with E-state index in [0.29, 0.717) is 6.42 Å². The quantitative estimate of drug-likeness (QED) is 0.556. The van der Waals surface area contributed by atoms with Gasteiger partial charge < -0.3 is 15.2 Å². The highest BCUT2D eigenvalue weighted by Gasteiger charge is 2.21. The number of nitro benzene ring substituents is 1. The van der Waals surface area contributed by atoms with Crippen LogP contribution < -0.4 is 10.1 Å². The van der Waals surface area contributed by atoms with Gasteiger partial charge in [-0.3, -0.25) is 14.9 Å². The molecule has 1 rings (SSSR count). The summed E-state index contributed by atoms with van der Waals surface area (Å²) in [6.07, 6.45) is 0.318. The third-order valence-electron chi connectivity index (χ3n) is 2.76. The summed E-state index contributed by atoms with van der Waals surface area (Å²) in [5.74, 6) is -1.25. The predicted molar refractivity (Wildman–Crippen MR) is 77.6 cm³/mol. The summed E-state index contributed by atoms with van der Waals surface area (Å²) < 4.78 is 5.16. The Labute approximate surface area is 127 Å². The van der Waals surface area contributed by atoms with Crippen molar-refractivity contribution in [1.29, 1.82) is 0 Å². The fourth-order valence-corrected chi connectivity index (χ4v) is 1.74. The van der Waals surface area contributed by atoms with Crippen LogP contribution in [0.1, 0.15) is 20.3 Å². The first-order valence-electron chi connectivity index (χ1n) is 6.69. The molecule has 0 saturated heterocycles. The summed E-state index contributed by atoms with van der Waals surface area (Å²) in [6.45, 7) is 3.35. The Morgan fingerprint density at radius 2 is 1.91 bits per heavy atom. The number of hydrogen-bond acceptors (Lipinski definition) is 5. The van der Waals surface area contributed by atoms with Crippen LogP contribution in [0, 0.1) is 16.0 Å². The number of carboxylic acid groups (broad SMARTS) is 1. The molecule has 0 bridgehead atoms. The SMILES string of the molecule is CC(C)C[C@@H](NC(=O)COc1ccc([N+](=O)[O-])cc1)C(=O)O. The molecule has 1 aromatic carbocycles. The molecule has 0 aliphatic heterocycles. The molecule has 0 fully saturated rings. The summed E-state index contributed by atoms with van der Waals surface area (Å²) in [7, 11) is 0. The smallest absolute Gasteiger partial charge is 0.326 e. The Bertz CT molecular complexity index is 541. The van der Waals surface area contributed by atoms with E-state index >= 15 is 0 Å². The van der Waals surface area contributed by atoms with Gasteiger partial charge in [-0.1, -0.05) is 13.8 Å². The Kier molecular flexibility index (Phi) is 6.30. The molecule has 1 atom stereocenters. The van der Waals surface area contributed by atoms with E-state index in [0.717, 1.165) is 0 Å². The van der Waals surface area contributed by atoms with Crippen molar-refractivity contribution < 1.29 is 24.4 Å². The molecule has 0 spiro atoms. The van der Waals surface area contributed by atoms with Crippen molar-refractivity contribution in [3.8, 4) is 5.75 Å². The zero-order valence-corrected chi connectivity index (χ0v) is 12.3. The number of nitrogens with zero attached hydrogens (tertiary/aromatic N) is 1. The normalized spacial score (nSPS) is 11.8. The number of ether oxygens (including phenoxy) is 1. The Morgan fingerprint density at radius 3 is 2.36 bits per heavy atom. The fourth-order valence-electron chi connectivity index (χ4n) is 1.74. The van der Waals surface area contributed by atoms with Crippen LogP contribution in [-0.4, -0.2) is 34.6 Å². The summed E-state index contributed by atoms with van der Waals surface area (Å²) in [5, 5.41) is 21.9. The molecule has 1 aromatic rings. The second-order valence-corrected chi connectivity index (χ2v) is 5.13. The van der Waals surface area contributed by atoms with Gasteiger partial charge in [-0.2, -0.15) is 0 Å². The molecule has 22 heavy (non-hydrogen) atoms. The number of nitro groups is 1. The fraction of sp³-hybridized carbons (Fsp3) is 0.429. The van der Waals surface area contributed by atoms with Crippen LogP contribution in [0.4, 0.5) is 5.69 Å². The van der Waals surface area contributed by atoms with Crippen molar-refractivity contribution in [2.24, 2.45) is 5.92 Å². The number of amides is 1. The molecule has 0 unspecified atom stereocenters. The van der Waals surface area contributed by atoms with Gasteiger partial charge >= 0.3 is 5.97 Å². The van der Waals surface area contributed by atoms with Gasteiger partial charge in [0.2, 0.25) is 0 Å². The van der Waals surface area contributed by atoms with Gasteiger partial charge in [-0.15, -0.1) is 0 Å². The Balaban J connectivity index is 2.51. The van der Waals surface area contributed by atoms with Gasteiger partial charge in [0.1, 0.15) is 11.8 Å². The Morgan fingerprint density at radius 1 is 1.32 bits per heavy atom. The van der Waals surface area contributed by atoms with Crippen LogP contribution in [0.15, 0.2) is 24.3 Å². The topological polar surface area (TPSA) is 119 Å². The molecule has 8 nitrogen and oxygen atoms in total. The van der Waals surface area contributed by atoms with Crippen LogP contribution in [0.25, 0.3) is 0 Å². The maximum atomic E-state index is 11.7.